The number of amides is 1. The molecule has 0 bridgehead atoms. The molecule has 68 heavy (non-hydrogen) atoms. The Morgan fingerprint density at radius 1 is 0.412 bits per heavy atom. The second-order valence-electron chi connectivity index (χ2n) is 21.0. The van der Waals surface area contributed by atoms with Gasteiger partial charge in [0.1, 0.15) is 0 Å². The molecule has 6 heteroatoms. The van der Waals surface area contributed by atoms with Gasteiger partial charge < -0.3 is 20.3 Å². The van der Waals surface area contributed by atoms with Crippen molar-refractivity contribution in [2.45, 2.75) is 347 Å². The van der Waals surface area contributed by atoms with Crippen LogP contribution in [0.5, 0.6) is 0 Å². The number of allylic oxidation sites excluding steroid dienone is 4. The van der Waals surface area contributed by atoms with E-state index in [1.165, 1.54) is 218 Å². The summed E-state index contributed by atoms with van der Waals surface area (Å²) < 4.78 is 5.44. The molecule has 0 aliphatic carbocycles. The average molecular weight is 959 g/mol. The number of hydrogen-bond donors (Lipinski definition) is 3. The van der Waals surface area contributed by atoms with Gasteiger partial charge in [0, 0.05) is 12.8 Å². The van der Waals surface area contributed by atoms with Crippen molar-refractivity contribution in [2.75, 3.05) is 13.2 Å². The van der Waals surface area contributed by atoms with E-state index in [-0.39, 0.29) is 18.5 Å². The fourth-order valence-corrected chi connectivity index (χ4v) is 9.55. The summed E-state index contributed by atoms with van der Waals surface area (Å²) in [6.07, 6.45) is 70.4. The number of esters is 1. The first kappa shape index (κ1) is 66.3. The molecule has 0 aromatic carbocycles. The van der Waals surface area contributed by atoms with E-state index < -0.39 is 12.1 Å². The lowest BCUT2D eigenvalue weighted by molar-refractivity contribution is -0.143. The van der Waals surface area contributed by atoms with Gasteiger partial charge in [-0.25, -0.2) is 0 Å². The van der Waals surface area contributed by atoms with Gasteiger partial charge in [0.15, 0.2) is 0 Å². The highest BCUT2D eigenvalue weighted by Gasteiger charge is 2.20. The molecular formula is C62H119NO5. The number of ether oxygens (including phenoxy) is 1. The van der Waals surface area contributed by atoms with E-state index in [9.17, 15) is 19.8 Å². The maximum atomic E-state index is 12.5. The molecule has 0 heterocycles. The first-order valence-corrected chi connectivity index (χ1v) is 30.6. The number of rotatable bonds is 57. The minimum Gasteiger partial charge on any atom is -0.466 e. The van der Waals surface area contributed by atoms with Crippen LogP contribution in [-0.4, -0.2) is 47.4 Å². The predicted octanol–water partition coefficient (Wildman–Crippen LogP) is 19.0. The summed E-state index contributed by atoms with van der Waals surface area (Å²) in [6.45, 7) is 4.93. The number of hydrogen-bond acceptors (Lipinski definition) is 5. The normalized spacial score (nSPS) is 12.7. The molecule has 6 nitrogen and oxygen atoms in total. The van der Waals surface area contributed by atoms with Crippen molar-refractivity contribution in [1.29, 1.82) is 0 Å². The zero-order chi connectivity index (χ0) is 49.3. The molecule has 0 saturated heterocycles. The Balaban J connectivity index is 3.49. The lowest BCUT2D eigenvalue weighted by Crippen LogP contribution is -2.45. The fraction of sp³-hybridized carbons (Fsp3) is 0.903. The van der Waals surface area contributed by atoms with Gasteiger partial charge in [0.2, 0.25) is 5.91 Å². The summed E-state index contributed by atoms with van der Waals surface area (Å²) >= 11 is 0. The van der Waals surface area contributed by atoms with Crippen molar-refractivity contribution >= 4 is 11.9 Å². The van der Waals surface area contributed by atoms with Gasteiger partial charge >= 0.3 is 5.97 Å². The Hall–Kier alpha value is -1.66. The highest BCUT2D eigenvalue weighted by molar-refractivity contribution is 5.76. The van der Waals surface area contributed by atoms with E-state index in [4.69, 9.17) is 4.74 Å². The van der Waals surface area contributed by atoms with Gasteiger partial charge in [-0.1, -0.05) is 282 Å². The van der Waals surface area contributed by atoms with Crippen molar-refractivity contribution in [3.05, 3.63) is 24.3 Å². The van der Waals surface area contributed by atoms with Crippen LogP contribution in [0.15, 0.2) is 24.3 Å². The molecule has 0 rings (SSSR count). The van der Waals surface area contributed by atoms with Crippen molar-refractivity contribution in [3.63, 3.8) is 0 Å². The first-order valence-electron chi connectivity index (χ1n) is 30.6. The molecular weight excluding hydrogens is 839 g/mol. The molecule has 0 radical (unpaired) electrons. The van der Waals surface area contributed by atoms with Crippen LogP contribution in [-0.2, 0) is 14.3 Å². The number of aliphatic hydroxyl groups is 2. The SMILES string of the molecule is CCCCCCCCCCCCCCCCCCCCCCCCC(O)C(CO)NC(=O)CCCCCCCCC/C=C\C/C=C\CCCCCOC(=O)CCCCCCCCCCCCCC. The third-order valence-corrected chi connectivity index (χ3v) is 14.3. The number of aliphatic hydroxyl groups excluding tert-OH is 2. The van der Waals surface area contributed by atoms with Gasteiger partial charge in [-0.15, -0.1) is 0 Å². The van der Waals surface area contributed by atoms with Crippen molar-refractivity contribution in [3.8, 4) is 0 Å². The third-order valence-electron chi connectivity index (χ3n) is 14.3. The third kappa shape index (κ3) is 53.7. The molecule has 0 saturated carbocycles. The molecule has 2 atom stereocenters. The van der Waals surface area contributed by atoms with Gasteiger partial charge in [0.05, 0.1) is 25.4 Å². The molecule has 0 spiro atoms. The Morgan fingerprint density at radius 3 is 1.12 bits per heavy atom. The molecule has 0 aliphatic rings. The lowest BCUT2D eigenvalue weighted by Gasteiger charge is -2.22. The summed E-state index contributed by atoms with van der Waals surface area (Å²) in [5, 5.41) is 23.4. The molecule has 2 unspecified atom stereocenters. The Bertz CT molecular complexity index is 1060. The molecule has 0 fully saturated rings. The van der Waals surface area contributed by atoms with E-state index in [1.54, 1.807) is 0 Å². The number of carbonyl (C=O) groups excluding carboxylic acids is 2. The minimum absolute atomic E-state index is 0.0141. The Morgan fingerprint density at radius 2 is 0.735 bits per heavy atom. The molecule has 0 aromatic rings. The first-order chi connectivity index (χ1) is 33.5. The largest absolute Gasteiger partial charge is 0.466 e. The van der Waals surface area contributed by atoms with Crippen LogP contribution in [0.25, 0.3) is 0 Å². The van der Waals surface area contributed by atoms with Gasteiger partial charge in [-0.3, -0.25) is 9.59 Å². The second-order valence-corrected chi connectivity index (χ2v) is 21.0. The number of nitrogens with one attached hydrogen (secondary N) is 1. The smallest absolute Gasteiger partial charge is 0.305 e. The van der Waals surface area contributed by atoms with Crippen molar-refractivity contribution < 1.29 is 24.5 Å². The summed E-state index contributed by atoms with van der Waals surface area (Å²) in [5.41, 5.74) is 0. The molecule has 1 amide bonds. The topological polar surface area (TPSA) is 95.9 Å². The van der Waals surface area contributed by atoms with Crippen LogP contribution in [0.3, 0.4) is 0 Å². The Kier molecular flexibility index (Phi) is 56.5. The highest BCUT2D eigenvalue weighted by atomic mass is 16.5. The fourth-order valence-electron chi connectivity index (χ4n) is 9.55. The van der Waals surface area contributed by atoms with Crippen LogP contribution in [0.4, 0.5) is 0 Å². The molecule has 0 aliphatic heterocycles. The Labute approximate surface area is 424 Å². The van der Waals surface area contributed by atoms with E-state index in [1.807, 2.05) is 0 Å². The highest BCUT2D eigenvalue weighted by Crippen LogP contribution is 2.18. The van der Waals surface area contributed by atoms with Gasteiger partial charge in [-0.05, 0) is 64.2 Å². The standard InChI is InChI=1S/C62H119NO5/c1-3-5-7-9-11-13-15-17-18-19-20-21-22-23-25-28-31-34-38-42-46-50-54-60(65)59(58-64)63-61(66)55-51-47-43-39-35-32-29-26-24-27-30-33-37-41-45-49-53-57-68-62(67)56-52-48-44-40-36-16-14-12-10-8-6-4-2/h24,27,33,37,59-60,64-65H,3-23,25-26,28-32,34-36,38-58H2,1-2H3,(H,63,66)/b27-24-,37-33-. The lowest BCUT2D eigenvalue weighted by atomic mass is 10.0. The van der Waals surface area contributed by atoms with E-state index in [0.717, 1.165) is 83.5 Å². The summed E-state index contributed by atoms with van der Waals surface area (Å²) in [5.74, 6) is -0.0619. The van der Waals surface area contributed by atoms with E-state index in [0.29, 0.717) is 25.9 Å². The van der Waals surface area contributed by atoms with Crippen LogP contribution in [0.1, 0.15) is 335 Å². The maximum absolute atomic E-state index is 12.5. The minimum atomic E-state index is -0.676. The predicted molar refractivity (Wildman–Crippen MR) is 296 cm³/mol. The maximum Gasteiger partial charge on any atom is 0.305 e. The van der Waals surface area contributed by atoms with Crippen molar-refractivity contribution in [1.82, 2.24) is 5.32 Å². The van der Waals surface area contributed by atoms with Crippen LogP contribution in [0, 0.1) is 0 Å². The summed E-state index contributed by atoms with van der Waals surface area (Å²) in [7, 11) is 0. The van der Waals surface area contributed by atoms with Crippen molar-refractivity contribution in [2.24, 2.45) is 0 Å². The summed E-state index contributed by atoms with van der Waals surface area (Å²) in [4.78, 5) is 24.5. The number of unbranched alkanes of at least 4 members (excludes halogenated alkanes) is 42. The monoisotopic (exact) mass is 958 g/mol. The zero-order valence-corrected chi connectivity index (χ0v) is 45.9. The molecule has 402 valence electrons. The zero-order valence-electron chi connectivity index (χ0n) is 45.9. The van der Waals surface area contributed by atoms with E-state index in [2.05, 4.69) is 43.5 Å². The second kappa shape index (κ2) is 57.9. The van der Waals surface area contributed by atoms with Gasteiger partial charge in [0.25, 0.3) is 0 Å². The molecule has 0 aromatic heterocycles. The average Bonchev–Trinajstić information content (AvgIpc) is 3.34. The van der Waals surface area contributed by atoms with Crippen LogP contribution in [0.2, 0.25) is 0 Å². The molecule has 3 N–H and O–H groups in total. The van der Waals surface area contributed by atoms with Gasteiger partial charge in [-0.2, -0.15) is 0 Å². The summed E-state index contributed by atoms with van der Waals surface area (Å²) in [6, 6.07) is -0.554. The van der Waals surface area contributed by atoms with E-state index >= 15 is 0 Å². The van der Waals surface area contributed by atoms with Crippen LogP contribution >= 0.6 is 0 Å². The number of carbonyl (C=O) groups is 2. The van der Waals surface area contributed by atoms with Crippen LogP contribution < -0.4 is 5.32 Å². The quantitative estimate of drug-likeness (QED) is 0.0321.